The zero-order chi connectivity index (χ0) is 5.24. The van der Waals surface area contributed by atoms with Gasteiger partial charge in [0.1, 0.15) is 0 Å². The third-order valence-electron chi connectivity index (χ3n) is 4.07. The first-order valence-electron chi connectivity index (χ1n) is 3.87. The maximum Gasteiger partial charge on any atom is -0.0235 e. The van der Waals surface area contributed by atoms with E-state index in [2.05, 4.69) is 0 Å². The third-order valence-corrected chi connectivity index (χ3v) is 4.07. The lowest BCUT2D eigenvalue weighted by atomic mass is 9.77. The van der Waals surface area contributed by atoms with Gasteiger partial charge in [-0.1, -0.05) is 6.42 Å². The van der Waals surface area contributed by atoms with Crippen molar-refractivity contribution in [2.75, 3.05) is 0 Å². The van der Waals surface area contributed by atoms with E-state index in [4.69, 9.17) is 0 Å². The quantitative estimate of drug-likeness (QED) is 0.447. The van der Waals surface area contributed by atoms with Gasteiger partial charge in [-0.15, -0.1) is 0 Å². The highest BCUT2D eigenvalue weighted by atomic mass is 14.8. The predicted octanol–water partition coefficient (Wildman–Crippen LogP) is 2.34. The minimum Gasteiger partial charge on any atom is -0.0522 e. The van der Waals surface area contributed by atoms with E-state index in [1.807, 2.05) is 0 Å². The summed E-state index contributed by atoms with van der Waals surface area (Å²) in [5, 5.41) is 0. The van der Waals surface area contributed by atoms with Gasteiger partial charge in [0, 0.05) is 0 Å². The molecule has 0 N–H and O–H groups in total. The van der Waals surface area contributed by atoms with Crippen molar-refractivity contribution in [1.29, 1.82) is 0 Å². The molecule has 0 aromatic heterocycles. The molecule has 3 rings (SSSR count). The molecule has 8 heavy (non-hydrogen) atoms. The highest BCUT2D eigenvalue weighted by molar-refractivity contribution is 5.24. The van der Waals surface area contributed by atoms with Crippen molar-refractivity contribution in [3.63, 3.8) is 0 Å². The Kier molecular flexibility index (Phi) is 0.381. The summed E-state index contributed by atoms with van der Waals surface area (Å²) in [6, 6.07) is 0. The van der Waals surface area contributed by atoms with Gasteiger partial charge in [0.15, 0.2) is 0 Å². The highest BCUT2D eigenvalue weighted by Gasteiger charge is 2.74. The van der Waals surface area contributed by atoms with Crippen LogP contribution in [0.2, 0.25) is 0 Å². The van der Waals surface area contributed by atoms with Gasteiger partial charge in [-0.25, -0.2) is 0 Å². The molecule has 0 bridgehead atoms. The summed E-state index contributed by atoms with van der Waals surface area (Å²) < 4.78 is 0. The van der Waals surface area contributed by atoms with E-state index in [1.165, 1.54) is 0 Å². The summed E-state index contributed by atoms with van der Waals surface area (Å²) in [5.41, 5.74) is 1.96. The lowest BCUT2D eigenvalue weighted by molar-refractivity contribution is 0.219. The first kappa shape index (κ1) is 3.92. The molecule has 0 aromatic rings. The van der Waals surface area contributed by atoms with Gasteiger partial charge in [0.2, 0.25) is 0 Å². The number of hydrogen-bond acceptors (Lipinski definition) is 0. The first-order chi connectivity index (χ1) is 3.87. The van der Waals surface area contributed by atoms with Crippen LogP contribution in [0.1, 0.15) is 38.5 Å². The Labute approximate surface area is 50.3 Å². The number of hydrogen-bond donors (Lipinski definition) is 0. The summed E-state index contributed by atoms with van der Waals surface area (Å²) in [7, 11) is 0. The fourth-order valence-corrected chi connectivity index (χ4v) is 3.33. The zero-order valence-corrected chi connectivity index (χ0v) is 5.24. The van der Waals surface area contributed by atoms with Crippen molar-refractivity contribution in [3.05, 3.63) is 0 Å². The van der Waals surface area contributed by atoms with Crippen LogP contribution in [0, 0.1) is 10.8 Å². The van der Waals surface area contributed by atoms with Crippen LogP contribution in [0.15, 0.2) is 0 Å². The van der Waals surface area contributed by atoms with Gasteiger partial charge in [-0.2, -0.15) is 0 Å². The van der Waals surface area contributed by atoms with Crippen molar-refractivity contribution in [2.24, 2.45) is 10.8 Å². The predicted molar refractivity (Wildman–Crippen MR) is 32.6 cm³/mol. The summed E-state index contributed by atoms with van der Waals surface area (Å²) in [6.07, 6.45) is 9.54. The molecule has 0 aliphatic heterocycles. The molecular weight excluding hydrogens is 96.1 g/mol. The third kappa shape index (κ3) is 0.191. The average Bonchev–Trinajstić information content (AvgIpc) is 2.14. The fraction of sp³-hybridized carbons (Fsp3) is 1.00. The molecule has 3 fully saturated rings. The average molecular weight is 108 g/mol. The molecule has 0 amide bonds. The van der Waals surface area contributed by atoms with E-state index in [0.717, 1.165) is 10.8 Å². The Morgan fingerprint density at radius 1 is 0.750 bits per heavy atom. The maximum atomic E-state index is 1.62. The maximum absolute atomic E-state index is 1.62. The molecule has 3 aliphatic rings. The Hall–Kier alpha value is 0. The second-order valence-electron chi connectivity index (χ2n) is 4.09. The summed E-state index contributed by atoms with van der Waals surface area (Å²) in [6.45, 7) is 0. The van der Waals surface area contributed by atoms with E-state index < -0.39 is 0 Å². The van der Waals surface area contributed by atoms with Crippen LogP contribution in [0.25, 0.3) is 0 Å². The minimum absolute atomic E-state index is 0.979. The number of rotatable bonds is 0. The van der Waals surface area contributed by atoms with Crippen LogP contribution < -0.4 is 0 Å². The van der Waals surface area contributed by atoms with Crippen LogP contribution in [0.5, 0.6) is 0 Å². The largest absolute Gasteiger partial charge is 0.0522 e. The Balaban J connectivity index is 2.09. The van der Waals surface area contributed by atoms with Crippen LogP contribution in [0.3, 0.4) is 0 Å². The smallest absolute Gasteiger partial charge is 0.0235 e. The first-order valence-corrected chi connectivity index (χ1v) is 3.87. The van der Waals surface area contributed by atoms with Gasteiger partial charge < -0.3 is 0 Å². The second kappa shape index (κ2) is 0.778. The van der Waals surface area contributed by atoms with Gasteiger partial charge in [-0.3, -0.25) is 0 Å². The highest BCUT2D eigenvalue weighted by Crippen LogP contribution is 2.85. The van der Waals surface area contributed by atoms with Crippen LogP contribution in [0.4, 0.5) is 0 Å². The van der Waals surface area contributed by atoms with Crippen molar-refractivity contribution >= 4 is 0 Å². The van der Waals surface area contributed by atoms with E-state index in [0.29, 0.717) is 0 Å². The molecular formula is C8H12. The Morgan fingerprint density at radius 3 is 1.62 bits per heavy atom. The minimum atomic E-state index is 0.979. The summed E-state index contributed by atoms with van der Waals surface area (Å²) in [4.78, 5) is 0. The van der Waals surface area contributed by atoms with Gasteiger partial charge >= 0.3 is 0 Å². The molecule has 2 unspecified atom stereocenters. The molecule has 0 spiro atoms. The Morgan fingerprint density at radius 2 is 1.38 bits per heavy atom. The topological polar surface area (TPSA) is 0 Å². The van der Waals surface area contributed by atoms with Crippen molar-refractivity contribution in [3.8, 4) is 0 Å². The standard InChI is InChI=1S/C8H12/c1-2-7-4-5-8(7,3-1)6-7/h1-6H2. The van der Waals surface area contributed by atoms with Crippen molar-refractivity contribution < 1.29 is 0 Å². The molecule has 3 aliphatic carbocycles. The molecule has 2 atom stereocenters. The molecule has 0 aromatic carbocycles. The van der Waals surface area contributed by atoms with Gasteiger partial charge in [0.25, 0.3) is 0 Å². The van der Waals surface area contributed by atoms with Crippen LogP contribution in [-0.4, -0.2) is 0 Å². The molecule has 0 saturated heterocycles. The summed E-state index contributed by atoms with van der Waals surface area (Å²) in [5.74, 6) is 0. The van der Waals surface area contributed by atoms with Crippen molar-refractivity contribution in [1.82, 2.24) is 0 Å². The van der Waals surface area contributed by atoms with Crippen molar-refractivity contribution in [2.45, 2.75) is 38.5 Å². The van der Waals surface area contributed by atoms with Crippen LogP contribution in [-0.2, 0) is 0 Å². The second-order valence-corrected chi connectivity index (χ2v) is 4.09. The normalized spacial score (nSPS) is 66.0. The van der Waals surface area contributed by atoms with E-state index in [-0.39, 0.29) is 0 Å². The fourth-order valence-electron chi connectivity index (χ4n) is 3.33. The lowest BCUT2D eigenvalue weighted by Crippen LogP contribution is -2.18. The molecule has 0 nitrogen and oxygen atoms in total. The SMILES string of the molecule is C1CC23CCC2(C1)C3. The van der Waals surface area contributed by atoms with E-state index in [1.54, 1.807) is 38.5 Å². The van der Waals surface area contributed by atoms with E-state index >= 15 is 0 Å². The van der Waals surface area contributed by atoms with Gasteiger partial charge in [-0.05, 0) is 42.9 Å². The summed E-state index contributed by atoms with van der Waals surface area (Å²) >= 11 is 0. The lowest BCUT2D eigenvalue weighted by Gasteiger charge is -2.28. The van der Waals surface area contributed by atoms with E-state index in [9.17, 15) is 0 Å². The van der Waals surface area contributed by atoms with Gasteiger partial charge in [0.05, 0.1) is 0 Å². The van der Waals surface area contributed by atoms with Crippen LogP contribution >= 0.6 is 0 Å². The Bertz CT molecular complexity index is 126. The molecule has 0 radical (unpaired) electrons. The molecule has 44 valence electrons. The monoisotopic (exact) mass is 108 g/mol. The zero-order valence-electron chi connectivity index (χ0n) is 5.24. The molecule has 3 saturated carbocycles. The molecule has 0 heterocycles. The molecule has 0 heteroatoms.